The summed E-state index contributed by atoms with van der Waals surface area (Å²) in [6, 6.07) is 14.8. The fourth-order valence-electron chi connectivity index (χ4n) is 4.20. The molecule has 35 heavy (non-hydrogen) atoms. The smallest absolute Gasteiger partial charge is 0.407 e. The van der Waals surface area contributed by atoms with Crippen LogP contribution >= 0.6 is 11.6 Å². The Kier molecular flexibility index (Phi) is 7.81. The first kappa shape index (κ1) is 24.9. The van der Waals surface area contributed by atoms with Gasteiger partial charge < -0.3 is 19.5 Å². The van der Waals surface area contributed by atoms with Gasteiger partial charge in [-0.1, -0.05) is 35.9 Å². The third-order valence-electron chi connectivity index (χ3n) is 5.85. The van der Waals surface area contributed by atoms with Crippen molar-refractivity contribution in [3.05, 3.63) is 82.9 Å². The maximum atomic E-state index is 12.0. The summed E-state index contributed by atoms with van der Waals surface area (Å²) in [7, 11) is 0. The maximum Gasteiger partial charge on any atom is 0.407 e. The number of rotatable bonds is 6. The number of hydrogen-bond donors (Lipinski definition) is 1. The van der Waals surface area contributed by atoms with Gasteiger partial charge in [0.15, 0.2) is 0 Å². The first-order valence-corrected chi connectivity index (χ1v) is 12.4. The number of carbonyl (C=O) groups excluding carboxylic acids is 1. The van der Waals surface area contributed by atoms with Crippen molar-refractivity contribution in [1.29, 1.82) is 0 Å². The average molecular weight is 493 g/mol. The highest BCUT2D eigenvalue weighted by atomic mass is 35.5. The highest BCUT2D eigenvalue weighted by Gasteiger charge is 2.23. The number of benzene rings is 2. The molecule has 0 spiro atoms. The molecule has 4 rings (SSSR count). The van der Waals surface area contributed by atoms with Crippen molar-refractivity contribution >= 4 is 35.5 Å². The standard InChI is InChI=1S/C28H33ClN4O2/c1-28(2,3)35-27(34)31-25-10-13-33(14-11-25)26-8-6-21(7-9-26)4-5-22-16-23(18-24(29)17-22)19-32-15-12-30-20-32/h4-9,12,15-18,20,25H,10-11,13-14,19H2,1-3H3,(H,31,34)/b5-4-. The van der Waals surface area contributed by atoms with Crippen LogP contribution in [0, 0.1) is 0 Å². The molecule has 1 aliphatic heterocycles. The lowest BCUT2D eigenvalue weighted by Gasteiger charge is -2.34. The van der Waals surface area contributed by atoms with Crippen molar-refractivity contribution in [3.8, 4) is 0 Å². The molecule has 1 fully saturated rings. The van der Waals surface area contributed by atoms with Crippen LogP contribution in [0.15, 0.2) is 61.2 Å². The number of halogens is 1. The topological polar surface area (TPSA) is 59.4 Å². The van der Waals surface area contributed by atoms with Crippen LogP contribution in [0.5, 0.6) is 0 Å². The molecule has 2 aromatic carbocycles. The van der Waals surface area contributed by atoms with E-state index in [2.05, 4.69) is 57.7 Å². The SMILES string of the molecule is CC(C)(C)OC(=O)NC1CCN(c2ccc(/C=C\c3cc(Cl)cc(Cn4ccnc4)c3)cc2)CC1. The number of ether oxygens (including phenoxy) is 1. The lowest BCUT2D eigenvalue weighted by molar-refractivity contribution is 0.0497. The predicted octanol–water partition coefficient (Wildman–Crippen LogP) is 6.25. The van der Waals surface area contributed by atoms with Crippen molar-refractivity contribution in [2.45, 2.75) is 51.8 Å². The van der Waals surface area contributed by atoms with E-state index in [0.29, 0.717) is 0 Å². The van der Waals surface area contributed by atoms with Crippen LogP contribution in [0.25, 0.3) is 12.2 Å². The first-order chi connectivity index (χ1) is 16.7. The second-order valence-corrected chi connectivity index (χ2v) is 10.4. The molecule has 184 valence electrons. The zero-order valence-electron chi connectivity index (χ0n) is 20.6. The number of alkyl carbamates (subject to hydrolysis) is 1. The Morgan fingerprint density at radius 3 is 2.49 bits per heavy atom. The molecule has 2 heterocycles. The van der Waals surface area contributed by atoms with Crippen molar-refractivity contribution in [1.82, 2.24) is 14.9 Å². The largest absolute Gasteiger partial charge is 0.444 e. The number of nitrogens with one attached hydrogen (secondary N) is 1. The molecule has 1 aliphatic rings. The Bertz CT molecular complexity index is 1140. The molecule has 0 radical (unpaired) electrons. The Balaban J connectivity index is 1.31. The number of carbonyl (C=O) groups is 1. The minimum absolute atomic E-state index is 0.152. The van der Waals surface area contributed by atoms with Gasteiger partial charge in [0.1, 0.15) is 5.60 Å². The van der Waals surface area contributed by atoms with Crippen molar-refractivity contribution < 1.29 is 9.53 Å². The summed E-state index contributed by atoms with van der Waals surface area (Å²) in [5, 5.41) is 3.72. The molecule has 3 aromatic rings. The minimum atomic E-state index is -0.476. The van der Waals surface area contributed by atoms with E-state index in [1.165, 1.54) is 5.69 Å². The summed E-state index contributed by atoms with van der Waals surface area (Å²) in [4.78, 5) is 18.5. The molecule has 0 unspecified atom stereocenters. The van der Waals surface area contributed by atoms with Crippen molar-refractivity contribution in [2.75, 3.05) is 18.0 Å². The number of amides is 1. The van der Waals surface area contributed by atoms with Gasteiger partial charge in [0.25, 0.3) is 0 Å². The summed E-state index contributed by atoms with van der Waals surface area (Å²) < 4.78 is 7.40. The Morgan fingerprint density at radius 1 is 1.11 bits per heavy atom. The number of anilines is 1. The maximum absolute atomic E-state index is 12.0. The van der Waals surface area contributed by atoms with Crippen LogP contribution in [0.1, 0.15) is 50.3 Å². The molecule has 1 saturated heterocycles. The van der Waals surface area contributed by atoms with Crippen LogP contribution in [-0.2, 0) is 11.3 Å². The van der Waals surface area contributed by atoms with Gasteiger partial charge in [-0.05, 0) is 80.6 Å². The molecule has 6 nitrogen and oxygen atoms in total. The Morgan fingerprint density at radius 2 is 1.83 bits per heavy atom. The van der Waals surface area contributed by atoms with E-state index >= 15 is 0 Å². The highest BCUT2D eigenvalue weighted by Crippen LogP contribution is 2.23. The van der Waals surface area contributed by atoms with Gasteiger partial charge in [-0.3, -0.25) is 0 Å². The Hall–Kier alpha value is -3.25. The van der Waals surface area contributed by atoms with Gasteiger partial charge in [0.05, 0.1) is 6.33 Å². The van der Waals surface area contributed by atoms with E-state index in [0.717, 1.165) is 54.2 Å². The molecule has 0 atom stereocenters. The number of nitrogens with zero attached hydrogens (tertiary/aromatic N) is 3. The van der Waals surface area contributed by atoms with E-state index < -0.39 is 5.60 Å². The second-order valence-electron chi connectivity index (χ2n) is 9.96. The lowest BCUT2D eigenvalue weighted by atomic mass is 10.0. The Labute approximate surface area is 212 Å². The molecule has 7 heteroatoms. The number of aromatic nitrogens is 2. The number of imidazole rings is 1. The number of hydrogen-bond acceptors (Lipinski definition) is 4. The van der Waals surface area contributed by atoms with Crippen LogP contribution < -0.4 is 10.2 Å². The van der Waals surface area contributed by atoms with Crippen LogP contribution in [0.4, 0.5) is 10.5 Å². The van der Waals surface area contributed by atoms with E-state index in [9.17, 15) is 4.79 Å². The van der Waals surface area contributed by atoms with Gasteiger partial charge in [-0.15, -0.1) is 0 Å². The molecule has 1 aromatic heterocycles. The quantitative estimate of drug-likeness (QED) is 0.413. The summed E-state index contributed by atoms with van der Waals surface area (Å²) in [5.41, 5.74) is 4.05. The van der Waals surface area contributed by atoms with Gasteiger partial charge in [0.2, 0.25) is 0 Å². The van der Waals surface area contributed by atoms with Gasteiger partial charge in [-0.2, -0.15) is 0 Å². The summed E-state index contributed by atoms with van der Waals surface area (Å²) >= 11 is 6.35. The normalized spacial score (nSPS) is 14.9. The van der Waals surface area contributed by atoms with Gasteiger partial charge in [0, 0.05) is 48.8 Å². The fraction of sp³-hybridized carbons (Fsp3) is 0.357. The highest BCUT2D eigenvalue weighted by molar-refractivity contribution is 6.30. The number of piperidine rings is 1. The molecule has 1 N–H and O–H groups in total. The second kappa shape index (κ2) is 11.0. The summed E-state index contributed by atoms with van der Waals surface area (Å²) in [6.45, 7) is 8.17. The molecular weight excluding hydrogens is 460 g/mol. The van der Waals surface area contributed by atoms with E-state index in [4.69, 9.17) is 16.3 Å². The molecular formula is C28H33ClN4O2. The van der Waals surface area contributed by atoms with E-state index in [1.54, 1.807) is 12.5 Å². The molecule has 1 amide bonds. The van der Waals surface area contributed by atoms with E-state index in [-0.39, 0.29) is 12.1 Å². The van der Waals surface area contributed by atoms with Crippen LogP contribution in [-0.4, -0.2) is 40.4 Å². The molecule has 0 bridgehead atoms. The summed E-state index contributed by atoms with van der Waals surface area (Å²) in [5.74, 6) is 0. The monoisotopic (exact) mass is 492 g/mol. The zero-order valence-corrected chi connectivity index (χ0v) is 21.3. The average Bonchev–Trinajstić information content (AvgIpc) is 3.30. The fourth-order valence-corrected chi connectivity index (χ4v) is 4.47. The van der Waals surface area contributed by atoms with Crippen LogP contribution in [0.2, 0.25) is 5.02 Å². The van der Waals surface area contributed by atoms with Crippen LogP contribution in [0.3, 0.4) is 0 Å². The zero-order chi connectivity index (χ0) is 24.8. The lowest BCUT2D eigenvalue weighted by Crippen LogP contribution is -2.46. The van der Waals surface area contributed by atoms with Crippen molar-refractivity contribution in [3.63, 3.8) is 0 Å². The third-order valence-corrected chi connectivity index (χ3v) is 6.06. The predicted molar refractivity (Wildman–Crippen MR) is 143 cm³/mol. The molecule has 0 saturated carbocycles. The summed E-state index contributed by atoms with van der Waals surface area (Å²) in [6.07, 6.45) is 11.2. The first-order valence-electron chi connectivity index (χ1n) is 12.0. The van der Waals surface area contributed by atoms with E-state index in [1.807, 2.05) is 43.7 Å². The third kappa shape index (κ3) is 7.62. The van der Waals surface area contributed by atoms with Gasteiger partial charge >= 0.3 is 6.09 Å². The molecule has 0 aliphatic carbocycles. The minimum Gasteiger partial charge on any atom is -0.444 e. The van der Waals surface area contributed by atoms with Crippen molar-refractivity contribution in [2.24, 2.45) is 0 Å². The van der Waals surface area contributed by atoms with Gasteiger partial charge in [-0.25, -0.2) is 9.78 Å².